The highest BCUT2D eigenvalue weighted by Gasteiger charge is 2.56. The Morgan fingerprint density at radius 3 is 2.19 bits per heavy atom. The predicted molar refractivity (Wildman–Crippen MR) is 98.5 cm³/mol. The predicted octanol–water partition coefficient (Wildman–Crippen LogP) is 1.90. The molecule has 3 amide bonds. The molecule has 3 aliphatic carbocycles. The van der Waals surface area contributed by atoms with Gasteiger partial charge in [0.25, 0.3) is 0 Å². The topological polar surface area (TPSA) is 75.7 Å². The van der Waals surface area contributed by atoms with Crippen LogP contribution in [0, 0.1) is 23.7 Å². The Hall–Kier alpha value is -2.63. The summed E-state index contributed by atoms with van der Waals surface area (Å²) < 4.78 is 5.11. The molecule has 0 aromatic heterocycles. The van der Waals surface area contributed by atoms with Crippen molar-refractivity contribution in [1.82, 2.24) is 10.2 Å². The van der Waals surface area contributed by atoms with Gasteiger partial charge in [-0.05, 0) is 42.4 Å². The number of rotatable bonds is 6. The molecule has 1 aromatic rings. The number of fused-ring (bicyclic) bond motifs is 1. The SMILES string of the molecule is COc1ccc(CNC(=O)CCN2C(=O)C3C4C=CC(CC4)C3C2=O)cc1. The van der Waals surface area contributed by atoms with Crippen LogP contribution in [0.2, 0.25) is 0 Å². The Bertz CT molecular complexity index is 754. The van der Waals surface area contributed by atoms with Crippen LogP contribution in [0.5, 0.6) is 5.75 Å². The molecule has 6 heteroatoms. The summed E-state index contributed by atoms with van der Waals surface area (Å²) in [5, 5.41) is 2.84. The van der Waals surface area contributed by atoms with Gasteiger partial charge in [-0.15, -0.1) is 0 Å². The van der Waals surface area contributed by atoms with Gasteiger partial charge in [0.15, 0.2) is 0 Å². The van der Waals surface area contributed by atoms with Gasteiger partial charge < -0.3 is 10.1 Å². The minimum absolute atomic E-state index is 0.0907. The van der Waals surface area contributed by atoms with Gasteiger partial charge in [0.05, 0.1) is 18.9 Å². The molecule has 1 heterocycles. The maximum atomic E-state index is 12.7. The Morgan fingerprint density at radius 2 is 1.67 bits per heavy atom. The van der Waals surface area contributed by atoms with Gasteiger partial charge in [0, 0.05) is 19.5 Å². The van der Waals surface area contributed by atoms with E-state index in [2.05, 4.69) is 17.5 Å². The van der Waals surface area contributed by atoms with Gasteiger partial charge in [0.2, 0.25) is 17.7 Å². The van der Waals surface area contributed by atoms with Crippen LogP contribution in [0.15, 0.2) is 36.4 Å². The molecular formula is C21H24N2O4. The van der Waals surface area contributed by atoms with E-state index in [1.807, 2.05) is 24.3 Å². The largest absolute Gasteiger partial charge is 0.497 e. The second-order valence-corrected chi connectivity index (χ2v) is 7.54. The number of nitrogens with one attached hydrogen (secondary N) is 1. The molecule has 6 nitrogen and oxygen atoms in total. The van der Waals surface area contributed by atoms with Gasteiger partial charge in [-0.2, -0.15) is 0 Å². The average Bonchev–Trinajstić information content (AvgIpc) is 2.98. The molecule has 2 fully saturated rings. The lowest BCUT2D eigenvalue weighted by molar-refractivity contribution is -0.140. The number of hydrogen-bond acceptors (Lipinski definition) is 4. The first-order valence-corrected chi connectivity index (χ1v) is 9.51. The second kappa shape index (κ2) is 7.18. The Kier molecular flexibility index (Phi) is 4.72. The van der Waals surface area contributed by atoms with E-state index in [-0.39, 0.29) is 54.4 Å². The minimum Gasteiger partial charge on any atom is -0.497 e. The first-order valence-electron chi connectivity index (χ1n) is 9.51. The average molecular weight is 368 g/mol. The summed E-state index contributed by atoms with van der Waals surface area (Å²) in [6.07, 6.45) is 6.31. The molecule has 1 aliphatic heterocycles. The van der Waals surface area contributed by atoms with Gasteiger partial charge in [-0.3, -0.25) is 19.3 Å². The van der Waals surface area contributed by atoms with E-state index < -0.39 is 0 Å². The molecular weight excluding hydrogens is 344 g/mol. The van der Waals surface area contributed by atoms with Crippen molar-refractivity contribution in [3.63, 3.8) is 0 Å². The van der Waals surface area contributed by atoms with Crippen LogP contribution in [0.4, 0.5) is 0 Å². The normalized spacial score (nSPS) is 28.4. The van der Waals surface area contributed by atoms with Crippen molar-refractivity contribution in [3.8, 4) is 5.75 Å². The molecule has 1 saturated carbocycles. The lowest BCUT2D eigenvalue weighted by Crippen LogP contribution is -2.38. The fourth-order valence-electron chi connectivity index (χ4n) is 4.60. The third-order valence-corrected chi connectivity index (χ3v) is 6.06. The monoisotopic (exact) mass is 368 g/mol. The maximum Gasteiger partial charge on any atom is 0.233 e. The quantitative estimate of drug-likeness (QED) is 0.615. The molecule has 1 saturated heterocycles. The Morgan fingerprint density at radius 1 is 1.07 bits per heavy atom. The van der Waals surface area contributed by atoms with E-state index in [1.54, 1.807) is 7.11 Å². The second-order valence-electron chi connectivity index (χ2n) is 7.54. The molecule has 27 heavy (non-hydrogen) atoms. The Labute approximate surface area is 158 Å². The summed E-state index contributed by atoms with van der Waals surface area (Å²) >= 11 is 0. The summed E-state index contributed by atoms with van der Waals surface area (Å²) in [6.45, 7) is 0.572. The van der Waals surface area contributed by atoms with E-state index in [4.69, 9.17) is 4.74 Å². The van der Waals surface area contributed by atoms with Crippen LogP contribution >= 0.6 is 0 Å². The number of benzene rings is 1. The third-order valence-electron chi connectivity index (χ3n) is 6.06. The fourth-order valence-corrected chi connectivity index (χ4v) is 4.60. The number of ether oxygens (including phenoxy) is 1. The minimum atomic E-state index is -0.205. The van der Waals surface area contributed by atoms with E-state index in [9.17, 15) is 14.4 Å². The fraction of sp³-hybridized carbons (Fsp3) is 0.476. The molecule has 1 aromatic carbocycles. The van der Waals surface area contributed by atoms with Gasteiger partial charge in [-0.1, -0.05) is 24.3 Å². The summed E-state index contributed by atoms with van der Waals surface area (Å²) in [4.78, 5) is 38.9. The summed E-state index contributed by atoms with van der Waals surface area (Å²) in [7, 11) is 1.61. The zero-order valence-corrected chi connectivity index (χ0v) is 15.4. The van der Waals surface area contributed by atoms with Crippen molar-refractivity contribution < 1.29 is 19.1 Å². The Balaban J connectivity index is 1.30. The van der Waals surface area contributed by atoms with Gasteiger partial charge >= 0.3 is 0 Å². The molecule has 4 unspecified atom stereocenters. The van der Waals surface area contributed by atoms with Gasteiger partial charge in [-0.25, -0.2) is 0 Å². The van der Waals surface area contributed by atoms with E-state index in [0.717, 1.165) is 24.2 Å². The lowest BCUT2D eigenvalue weighted by Gasteiger charge is -2.38. The highest BCUT2D eigenvalue weighted by Crippen LogP contribution is 2.49. The molecule has 0 spiro atoms. The van der Waals surface area contributed by atoms with Crippen LogP contribution in [0.25, 0.3) is 0 Å². The number of imide groups is 1. The number of carbonyl (C=O) groups excluding carboxylic acids is 3. The first kappa shape index (κ1) is 17.8. The van der Waals surface area contributed by atoms with E-state index >= 15 is 0 Å². The zero-order valence-electron chi connectivity index (χ0n) is 15.4. The standard InChI is InChI=1S/C21H24N2O4/c1-27-16-8-2-13(3-9-16)12-22-17(24)10-11-23-20(25)18-14-4-5-15(7-6-14)19(18)21(23)26/h2-5,8-9,14-15,18-19H,6-7,10-12H2,1H3,(H,22,24). The summed E-state index contributed by atoms with van der Waals surface area (Å²) in [6, 6.07) is 7.46. The molecule has 4 atom stereocenters. The number of amides is 3. The van der Waals surface area contributed by atoms with Crippen LogP contribution < -0.4 is 10.1 Å². The summed E-state index contributed by atoms with van der Waals surface area (Å²) in [5.41, 5.74) is 0.964. The van der Waals surface area contributed by atoms with Crippen LogP contribution in [-0.2, 0) is 20.9 Å². The van der Waals surface area contributed by atoms with Crippen LogP contribution in [0.1, 0.15) is 24.8 Å². The van der Waals surface area contributed by atoms with E-state index in [1.165, 1.54) is 4.90 Å². The van der Waals surface area contributed by atoms with Gasteiger partial charge in [0.1, 0.15) is 5.75 Å². The number of nitrogens with zero attached hydrogens (tertiary/aromatic N) is 1. The van der Waals surface area contributed by atoms with Crippen molar-refractivity contribution >= 4 is 17.7 Å². The van der Waals surface area contributed by atoms with Crippen molar-refractivity contribution in [2.75, 3.05) is 13.7 Å². The molecule has 2 bridgehead atoms. The third kappa shape index (κ3) is 3.24. The van der Waals surface area contributed by atoms with Crippen molar-refractivity contribution in [2.45, 2.75) is 25.8 Å². The van der Waals surface area contributed by atoms with Crippen molar-refractivity contribution in [3.05, 3.63) is 42.0 Å². The van der Waals surface area contributed by atoms with Crippen LogP contribution in [-0.4, -0.2) is 36.3 Å². The van der Waals surface area contributed by atoms with Crippen LogP contribution in [0.3, 0.4) is 0 Å². The molecule has 142 valence electrons. The highest BCUT2D eigenvalue weighted by molar-refractivity contribution is 6.06. The number of hydrogen-bond donors (Lipinski definition) is 1. The van der Waals surface area contributed by atoms with Crippen molar-refractivity contribution in [2.24, 2.45) is 23.7 Å². The number of allylic oxidation sites excluding steroid dienone is 2. The molecule has 4 aliphatic rings. The smallest absolute Gasteiger partial charge is 0.233 e. The number of likely N-dealkylation sites (tertiary alicyclic amines) is 1. The highest BCUT2D eigenvalue weighted by atomic mass is 16.5. The number of methoxy groups -OCH3 is 1. The molecule has 5 rings (SSSR count). The first-order chi connectivity index (χ1) is 13.1. The molecule has 1 N–H and O–H groups in total. The van der Waals surface area contributed by atoms with Crippen molar-refractivity contribution in [1.29, 1.82) is 0 Å². The molecule has 0 radical (unpaired) electrons. The number of carbonyl (C=O) groups is 3. The van der Waals surface area contributed by atoms with E-state index in [0.29, 0.717) is 6.54 Å². The zero-order chi connectivity index (χ0) is 19.0. The summed E-state index contributed by atoms with van der Waals surface area (Å²) in [5.74, 6) is 0.380. The lowest BCUT2D eigenvalue weighted by atomic mass is 9.63. The maximum absolute atomic E-state index is 12.7.